The number of hydrogen-bond acceptors (Lipinski definition) is 1. The predicted molar refractivity (Wildman–Crippen MR) is 97.4 cm³/mol. The number of benzene rings is 1. The third kappa shape index (κ3) is 7.33. The Labute approximate surface area is 173 Å². The summed E-state index contributed by atoms with van der Waals surface area (Å²) in [5, 5.41) is 4.37. The summed E-state index contributed by atoms with van der Waals surface area (Å²) in [6, 6.07) is 12.5. The maximum Gasteiger partial charge on any atom is 0.227 e. The molecule has 0 saturated carbocycles. The molecule has 0 atom stereocenters. The Morgan fingerprint density at radius 1 is 1.04 bits per heavy atom. The summed E-state index contributed by atoms with van der Waals surface area (Å²) in [4.78, 5) is 14.0. The zero-order valence-electron chi connectivity index (χ0n) is 16.0. The number of hydrogen-bond donors (Lipinski definition) is 0. The van der Waals surface area contributed by atoms with Gasteiger partial charge in [0.15, 0.2) is 0 Å². The number of likely N-dealkylation sites (tertiary alicyclic amines) is 1. The molecule has 1 aromatic carbocycles. The summed E-state index contributed by atoms with van der Waals surface area (Å²) in [6.07, 6.45) is 2.36. The molecule has 1 radical (unpaired) electrons. The average Bonchev–Trinajstić information content (AvgIpc) is 2.56. The first-order valence-corrected chi connectivity index (χ1v) is 8.77. The molecule has 24 heavy (non-hydrogen) atoms. The van der Waals surface area contributed by atoms with Crippen LogP contribution in [-0.4, -0.2) is 37.0 Å². The van der Waals surface area contributed by atoms with Crippen LogP contribution in [0.1, 0.15) is 47.5 Å². The SMILES string of the molecule is CC.CC(C)(C)C(=O)N1CC2(CC[N-]CC2)C1.[Y].[c-]1ccccc1. The fraction of sp³-hybridized carbons (Fsp3) is 0.650. The Bertz CT molecular complexity index is 416. The van der Waals surface area contributed by atoms with E-state index in [1.165, 1.54) is 12.8 Å². The molecule has 2 fully saturated rings. The van der Waals surface area contributed by atoms with Gasteiger partial charge in [-0.05, 0) is 0 Å². The van der Waals surface area contributed by atoms with E-state index in [0.29, 0.717) is 11.3 Å². The summed E-state index contributed by atoms with van der Waals surface area (Å²) in [5.41, 5.74) is 0.212. The van der Waals surface area contributed by atoms with Crippen LogP contribution in [0.25, 0.3) is 5.32 Å². The van der Waals surface area contributed by atoms with Gasteiger partial charge in [-0.1, -0.05) is 47.5 Å². The van der Waals surface area contributed by atoms with E-state index in [9.17, 15) is 4.79 Å². The van der Waals surface area contributed by atoms with Crippen molar-refractivity contribution in [2.24, 2.45) is 10.8 Å². The van der Waals surface area contributed by atoms with Crippen LogP contribution in [0.3, 0.4) is 0 Å². The van der Waals surface area contributed by atoms with E-state index < -0.39 is 0 Å². The zero-order chi connectivity index (χ0) is 17.3. The molecule has 0 N–H and O–H groups in total. The third-order valence-corrected chi connectivity index (χ3v) is 4.19. The van der Waals surface area contributed by atoms with Gasteiger partial charge in [0.25, 0.3) is 0 Å². The maximum absolute atomic E-state index is 12.0. The van der Waals surface area contributed by atoms with Crippen molar-refractivity contribution >= 4 is 5.91 Å². The molecule has 1 amide bonds. The quantitative estimate of drug-likeness (QED) is 0.584. The minimum atomic E-state index is -0.222. The van der Waals surface area contributed by atoms with Crippen LogP contribution < -0.4 is 0 Å². The van der Waals surface area contributed by atoms with Crippen LogP contribution in [0.2, 0.25) is 0 Å². The Balaban J connectivity index is 0.000000496. The van der Waals surface area contributed by atoms with Gasteiger partial charge >= 0.3 is 0 Å². The molecule has 3 rings (SSSR count). The van der Waals surface area contributed by atoms with Gasteiger partial charge in [0.05, 0.1) is 0 Å². The summed E-state index contributed by atoms with van der Waals surface area (Å²) in [5.74, 6) is 0.302. The molecule has 0 bridgehead atoms. The molecule has 2 aliphatic rings. The van der Waals surface area contributed by atoms with Crippen LogP contribution >= 0.6 is 0 Å². The van der Waals surface area contributed by atoms with Gasteiger partial charge in [0.1, 0.15) is 0 Å². The van der Waals surface area contributed by atoms with Crippen LogP contribution in [0.15, 0.2) is 30.3 Å². The molecule has 2 saturated heterocycles. The van der Waals surface area contributed by atoms with Crippen molar-refractivity contribution in [3.05, 3.63) is 41.7 Å². The first-order chi connectivity index (χ1) is 10.9. The van der Waals surface area contributed by atoms with Gasteiger partial charge in [-0.2, -0.15) is 36.4 Å². The molecule has 2 heterocycles. The van der Waals surface area contributed by atoms with Gasteiger partial charge < -0.3 is 10.2 Å². The molecule has 0 aliphatic carbocycles. The van der Waals surface area contributed by atoms with Gasteiger partial charge in [0.2, 0.25) is 5.91 Å². The van der Waals surface area contributed by atoms with Crippen LogP contribution in [0.5, 0.6) is 0 Å². The monoisotopic (exact) mass is 405 g/mol. The average molecular weight is 405 g/mol. The van der Waals surface area contributed by atoms with E-state index in [1.54, 1.807) is 0 Å². The second kappa shape index (κ2) is 11.4. The molecule has 133 valence electrons. The maximum atomic E-state index is 12.0. The zero-order valence-corrected chi connectivity index (χ0v) is 18.8. The number of amides is 1. The molecule has 0 aromatic heterocycles. The molecule has 3 nitrogen and oxygen atoms in total. The minimum absolute atomic E-state index is 0. The van der Waals surface area contributed by atoms with E-state index in [4.69, 9.17) is 0 Å². The van der Waals surface area contributed by atoms with Crippen molar-refractivity contribution in [3.63, 3.8) is 0 Å². The van der Waals surface area contributed by atoms with Crippen molar-refractivity contribution in [3.8, 4) is 0 Å². The Morgan fingerprint density at radius 3 is 1.88 bits per heavy atom. The van der Waals surface area contributed by atoms with Crippen molar-refractivity contribution in [1.29, 1.82) is 0 Å². The summed E-state index contributed by atoms with van der Waals surface area (Å²) < 4.78 is 0. The van der Waals surface area contributed by atoms with E-state index in [1.807, 2.05) is 69.9 Å². The largest absolute Gasteiger partial charge is 0.662 e. The predicted octanol–water partition coefficient (Wildman–Crippen LogP) is 4.54. The second-order valence-electron chi connectivity index (χ2n) is 7.16. The van der Waals surface area contributed by atoms with Crippen molar-refractivity contribution in [1.82, 2.24) is 4.90 Å². The van der Waals surface area contributed by atoms with Crippen molar-refractivity contribution in [2.45, 2.75) is 47.5 Å². The summed E-state index contributed by atoms with van der Waals surface area (Å²) in [7, 11) is 0. The standard InChI is InChI=1S/C12H21N2O.C6H5.C2H6.Y/c1-11(2,3)10(15)14-8-12(9-14)4-6-13-7-5-12;1-2-4-6-5-3-1;1-2;/h4-9H2,1-3H3;1-5H;1-2H3;/q2*-1;;. The second-order valence-corrected chi connectivity index (χ2v) is 7.16. The minimum Gasteiger partial charge on any atom is -0.662 e. The van der Waals surface area contributed by atoms with E-state index in [2.05, 4.69) is 11.4 Å². The molecule has 4 heteroatoms. The van der Waals surface area contributed by atoms with E-state index in [0.717, 1.165) is 26.2 Å². The van der Waals surface area contributed by atoms with Gasteiger partial charge in [0, 0.05) is 56.6 Å². The molecular formula is C20H32N2OY-2. The summed E-state index contributed by atoms with van der Waals surface area (Å²) in [6.45, 7) is 13.9. The first kappa shape index (κ1) is 23.8. The molecular weight excluding hydrogens is 373 g/mol. The van der Waals surface area contributed by atoms with Gasteiger partial charge in [-0.25, -0.2) is 0 Å². The van der Waals surface area contributed by atoms with E-state index >= 15 is 0 Å². The summed E-state index contributed by atoms with van der Waals surface area (Å²) >= 11 is 0. The Hall–Kier alpha value is -0.246. The number of carbonyl (C=O) groups is 1. The number of nitrogens with zero attached hydrogens (tertiary/aromatic N) is 2. The number of piperidine rings is 1. The molecule has 1 spiro atoms. The topological polar surface area (TPSA) is 34.4 Å². The third-order valence-electron chi connectivity index (χ3n) is 4.19. The first-order valence-electron chi connectivity index (χ1n) is 8.77. The normalized spacial score (nSPS) is 18.0. The Kier molecular flexibility index (Phi) is 11.3. The van der Waals surface area contributed by atoms with Gasteiger partial charge in [-0.15, -0.1) is 13.1 Å². The van der Waals surface area contributed by atoms with Crippen LogP contribution in [0, 0.1) is 16.9 Å². The fourth-order valence-corrected chi connectivity index (χ4v) is 2.91. The van der Waals surface area contributed by atoms with Crippen molar-refractivity contribution in [2.75, 3.05) is 26.2 Å². The van der Waals surface area contributed by atoms with Crippen LogP contribution in [0.4, 0.5) is 0 Å². The van der Waals surface area contributed by atoms with Crippen molar-refractivity contribution < 1.29 is 37.5 Å². The Morgan fingerprint density at radius 2 is 1.54 bits per heavy atom. The van der Waals surface area contributed by atoms with E-state index in [-0.39, 0.29) is 38.1 Å². The fourth-order valence-electron chi connectivity index (χ4n) is 2.91. The smallest absolute Gasteiger partial charge is 0.227 e. The van der Waals surface area contributed by atoms with Gasteiger partial charge in [-0.3, -0.25) is 4.79 Å². The molecule has 1 aromatic rings. The molecule has 0 unspecified atom stereocenters. The molecule has 2 aliphatic heterocycles. The number of rotatable bonds is 0. The number of carbonyl (C=O) groups excluding carboxylic acids is 1. The van der Waals surface area contributed by atoms with Crippen LogP contribution in [-0.2, 0) is 37.5 Å².